The van der Waals surface area contributed by atoms with E-state index in [-0.39, 0.29) is 11.6 Å². The van der Waals surface area contributed by atoms with E-state index in [9.17, 15) is 4.79 Å². The number of rotatable bonds is 6. The molecule has 1 aromatic heterocycles. The average molecular weight is 433 g/mol. The summed E-state index contributed by atoms with van der Waals surface area (Å²) in [7, 11) is 1.63. The number of aromatic nitrogens is 2. The van der Waals surface area contributed by atoms with Crippen LogP contribution in [0.5, 0.6) is 11.5 Å². The molecule has 1 atom stereocenters. The Hall–Kier alpha value is -2.22. The molecule has 0 fully saturated rings. The predicted molar refractivity (Wildman–Crippen MR) is 115 cm³/mol. The molecule has 8 heteroatoms. The number of methoxy groups -OCH3 is 1. The van der Waals surface area contributed by atoms with E-state index in [4.69, 9.17) is 30.8 Å². The number of para-hydroxylation sites is 1. The molecule has 0 unspecified atom stereocenters. The van der Waals surface area contributed by atoms with Gasteiger partial charge < -0.3 is 14.2 Å². The highest BCUT2D eigenvalue weighted by atomic mass is 35.5. The molecule has 0 spiro atoms. The molecule has 1 aliphatic heterocycles. The van der Waals surface area contributed by atoms with Gasteiger partial charge in [0.2, 0.25) is 0 Å². The van der Waals surface area contributed by atoms with Crippen molar-refractivity contribution in [3.63, 3.8) is 0 Å². The number of thioether (sulfide) groups is 1. The van der Waals surface area contributed by atoms with E-state index >= 15 is 0 Å². The summed E-state index contributed by atoms with van der Waals surface area (Å²) in [6.07, 6.45) is 0. The van der Waals surface area contributed by atoms with Gasteiger partial charge in [0, 0.05) is 12.9 Å². The molecule has 4 rings (SSSR count). The van der Waals surface area contributed by atoms with Crippen LogP contribution >= 0.6 is 23.4 Å². The number of ether oxygens (including phenoxy) is 3. The Morgan fingerprint density at radius 2 is 2.07 bits per heavy atom. The quantitative estimate of drug-likeness (QED) is 0.427. The highest BCUT2D eigenvalue weighted by Gasteiger charge is 2.19. The molecule has 0 bridgehead atoms. The maximum atomic E-state index is 13.1. The molecule has 1 aliphatic rings. The topological polar surface area (TPSA) is 62.6 Å². The Balaban J connectivity index is 1.69. The van der Waals surface area contributed by atoms with Gasteiger partial charge >= 0.3 is 0 Å². The van der Waals surface area contributed by atoms with Crippen LogP contribution in [0.2, 0.25) is 5.02 Å². The number of halogens is 1. The number of hydrogen-bond donors (Lipinski definition) is 0. The summed E-state index contributed by atoms with van der Waals surface area (Å²) in [4.78, 5) is 17.9. The van der Waals surface area contributed by atoms with Gasteiger partial charge in [0.1, 0.15) is 13.2 Å². The molecule has 29 heavy (non-hydrogen) atoms. The van der Waals surface area contributed by atoms with Gasteiger partial charge in [-0.2, -0.15) is 0 Å². The van der Waals surface area contributed by atoms with E-state index in [1.807, 2.05) is 37.3 Å². The largest absolute Gasteiger partial charge is 0.486 e. The lowest BCUT2D eigenvalue weighted by Crippen LogP contribution is -2.28. The molecule has 2 heterocycles. The van der Waals surface area contributed by atoms with Gasteiger partial charge in [0.25, 0.3) is 5.56 Å². The first kappa shape index (κ1) is 20.1. The number of hydrogen-bond acceptors (Lipinski definition) is 6. The lowest BCUT2D eigenvalue weighted by molar-refractivity contribution is 0.156. The first-order valence-electron chi connectivity index (χ1n) is 9.29. The van der Waals surface area contributed by atoms with Crippen LogP contribution in [0.1, 0.15) is 18.5 Å². The van der Waals surface area contributed by atoms with Gasteiger partial charge in [-0.3, -0.25) is 9.36 Å². The second-order valence-electron chi connectivity index (χ2n) is 6.78. The van der Waals surface area contributed by atoms with E-state index in [1.54, 1.807) is 17.7 Å². The van der Waals surface area contributed by atoms with Gasteiger partial charge in [0.05, 0.1) is 28.6 Å². The lowest BCUT2D eigenvalue weighted by atomic mass is 10.2. The minimum absolute atomic E-state index is 0.0668. The van der Waals surface area contributed by atoms with Crippen molar-refractivity contribution in [2.45, 2.75) is 23.9 Å². The Morgan fingerprint density at radius 1 is 1.28 bits per heavy atom. The highest BCUT2D eigenvalue weighted by Crippen LogP contribution is 2.39. The number of nitrogens with zero attached hydrogens (tertiary/aromatic N) is 2. The summed E-state index contributed by atoms with van der Waals surface area (Å²) in [5.41, 5.74) is 1.58. The number of fused-ring (bicyclic) bond motifs is 2. The molecule has 0 radical (unpaired) electrons. The lowest BCUT2D eigenvalue weighted by Gasteiger charge is -2.21. The molecule has 0 N–H and O–H groups in total. The molecular weight excluding hydrogens is 412 g/mol. The average Bonchev–Trinajstić information content (AvgIpc) is 2.72. The number of benzene rings is 2. The fourth-order valence-corrected chi connectivity index (χ4v) is 4.64. The van der Waals surface area contributed by atoms with E-state index in [0.29, 0.717) is 58.2 Å². The van der Waals surface area contributed by atoms with Crippen molar-refractivity contribution in [3.05, 3.63) is 57.3 Å². The minimum atomic E-state index is -0.143. The SMILES string of the molecule is COC[C@@H](C)n1c(SCc2cc(Cl)c3c(c2)OCCO3)nc2ccccc2c1=O. The Morgan fingerprint density at radius 3 is 2.90 bits per heavy atom. The van der Waals surface area contributed by atoms with Crippen molar-refractivity contribution in [2.75, 3.05) is 26.9 Å². The molecule has 152 valence electrons. The van der Waals surface area contributed by atoms with Crippen molar-refractivity contribution in [2.24, 2.45) is 0 Å². The first-order valence-corrected chi connectivity index (χ1v) is 10.7. The van der Waals surface area contributed by atoms with Crippen LogP contribution < -0.4 is 15.0 Å². The summed E-state index contributed by atoms with van der Waals surface area (Å²) in [6.45, 7) is 3.36. The predicted octanol–water partition coefficient (Wildman–Crippen LogP) is 4.32. The molecule has 0 saturated carbocycles. The highest BCUT2D eigenvalue weighted by molar-refractivity contribution is 7.98. The Bertz CT molecular complexity index is 1100. The normalized spacial score (nSPS) is 14.2. The van der Waals surface area contributed by atoms with Crippen molar-refractivity contribution in [3.8, 4) is 11.5 Å². The van der Waals surface area contributed by atoms with Gasteiger partial charge in [-0.05, 0) is 36.8 Å². The Kier molecular flexibility index (Phi) is 5.99. The summed E-state index contributed by atoms with van der Waals surface area (Å²) >= 11 is 7.84. The molecule has 0 saturated heterocycles. The fourth-order valence-electron chi connectivity index (χ4n) is 3.33. The van der Waals surface area contributed by atoms with E-state index in [2.05, 4.69) is 0 Å². The molecule has 2 aromatic carbocycles. The second kappa shape index (κ2) is 8.65. The van der Waals surface area contributed by atoms with Crippen LogP contribution in [-0.2, 0) is 10.5 Å². The first-order chi connectivity index (χ1) is 14.1. The van der Waals surface area contributed by atoms with Gasteiger partial charge in [-0.15, -0.1) is 0 Å². The summed E-state index contributed by atoms with van der Waals surface area (Å²) in [5, 5.41) is 1.76. The fraction of sp³-hybridized carbons (Fsp3) is 0.333. The smallest absolute Gasteiger partial charge is 0.262 e. The van der Waals surface area contributed by atoms with Gasteiger partial charge in [0.15, 0.2) is 16.7 Å². The maximum absolute atomic E-state index is 13.1. The van der Waals surface area contributed by atoms with Crippen LogP contribution in [0.15, 0.2) is 46.3 Å². The van der Waals surface area contributed by atoms with Crippen molar-refractivity contribution in [1.29, 1.82) is 0 Å². The molecule has 0 aliphatic carbocycles. The van der Waals surface area contributed by atoms with E-state index in [0.717, 1.165) is 5.56 Å². The summed E-state index contributed by atoms with van der Waals surface area (Å²) in [5.74, 6) is 1.82. The van der Waals surface area contributed by atoms with Crippen LogP contribution in [-0.4, -0.2) is 36.5 Å². The summed E-state index contributed by atoms with van der Waals surface area (Å²) < 4.78 is 18.2. The van der Waals surface area contributed by atoms with Crippen LogP contribution in [0.4, 0.5) is 0 Å². The van der Waals surface area contributed by atoms with Crippen LogP contribution in [0, 0.1) is 0 Å². The van der Waals surface area contributed by atoms with E-state index in [1.165, 1.54) is 11.8 Å². The zero-order valence-electron chi connectivity index (χ0n) is 16.2. The summed E-state index contributed by atoms with van der Waals surface area (Å²) in [6, 6.07) is 11.0. The van der Waals surface area contributed by atoms with E-state index < -0.39 is 0 Å². The molecular formula is C21H21ClN2O4S. The molecule has 0 amide bonds. The van der Waals surface area contributed by atoms with Crippen molar-refractivity contribution < 1.29 is 14.2 Å². The van der Waals surface area contributed by atoms with Gasteiger partial charge in [-0.1, -0.05) is 35.5 Å². The standard InChI is InChI=1S/C21H21ClN2O4S/c1-13(11-26-2)24-20(25)15-5-3-4-6-17(15)23-21(24)29-12-14-9-16(22)19-18(10-14)27-7-8-28-19/h3-6,9-10,13H,7-8,11-12H2,1-2H3/t13-/m1/s1. The zero-order valence-corrected chi connectivity index (χ0v) is 17.8. The monoisotopic (exact) mass is 432 g/mol. The van der Waals surface area contributed by atoms with Crippen molar-refractivity contribution in [1.82, 2.24) is 9.55 Å². The van der Waals surface area contributed by atoms with Crippen LogP contribution in [0.25, 0.3) is 10.9 Å². The molecule has 3 aromatic rings. The maximum Gasteiger partial charge on any atom is 0.262 e. The minimum Gasteiger partial charge on any atom is -0.486 e. The second-order valence-corrected chi connectivity index (χ2v) is 8.13. The third-order valence-electron chi connectivity index (χ3n) is 4.65. The Labute approximate surface area is 177 Å². The molecule has 6 nitrogen and oxygen atoms in total. The zero-order chi connectivity index (χ0) is 20.4. The van der Waals surface area contributed by atoms with Crippen LogP contribution in [0.3, 0.4) is 0 Å². The third kappa shape index (κ3) is 4.08. The third-order valence-corrected chi connectivity index (χ3v) is 5.95. The van der Waals surface area contributed by atoms with Crippen molar-refractivity contribution >= 4 is 34.3 Å². The van der Waals surface area contributed by atoms with Gasteiger partial charge in [-0.25, -0.2) is 4.98 Å².